The molecule has 0 saturated heterocycles. The number of benzene rings is 1. The monoisotopic (exact) mass is 373 g/mol. The Balaban J connectivity index is 1.92. The SMILES string of the molecule is CCC(C)(C)c1nnc(NC(=O)COc2ccc(Cl)cc2Cl)s1. The number of anilines is 1. The van der Waals surface area contributed by atoms with Crippen molar-refractivity contribution in [3.63, 3.8) is 0 Å². The van der Waals surface area contributed by atoms with Crippen molar-refractivity contribution in [2.45, 2.75) is 32.6 Å². The summed E-state index contributed by atoms with van der Waals surface area (Å²) in [6.07, 6.45) is 0.938. The van der Waals surface area contributed by atoms with Crippen LogP contribution in [0.3, 0.4) is 0 Å². The van der Waals surface area contributed by atoms with Crippen molar-refractivity contribution in [3.8, 4) is 5.75 Å². The van der Waals surface area contributed by atoms with Crippen LogP contribution < -0.4 is 10.1 Å². The van der Waals surface area contributed by atoms with Gasteiger partial charge in [-0.1, -0.05) is 55.3 Å². The largest absolute Gasteiger partial charge is 0.482 e. The van der Waals surface area contributed by atoms with E-state index in [1.807, 2.05) is 0 Å². The number of rotatable bonds is 6. The van der Waals surface area contributed by atoms with Crippen LogP contribution in [0.25, 0.3) is 0 Å². The lowest BCUT2D eigenvalue weighted by molar-refractivity contribution is -0.118. The third-order valence-corrected chi connectivity index (χ3v) is 5.12. The first-order valence-corrected chi connectivity index (χ1v) is 8.61. The van der Waals surface area contributed by atoms with E-state index in [-0.39, 0.29) is 17.9 Å². The molecule has 2 aromatic rings. The van der Waals surface area contributed by atoms with Gasteiger partial charge in [-0.05, 0) is 24.6 Å². The summed E-state index contributed by atoms with van der Waals surface area (Å²) in [5.41, 5.74) is -0.0615. The molecule has 1 aromatic carbocycles. The van der Waals surface area contributed by atoms with Crippen molar-refractivity contribution in [2.75, 3.05) is 11.9 Å². The van der Waals surface area contributed by atoms with Gasteiger partial charge < -0.3 is 4.74 Å². The Morgan fingerprint density at radius 3 is 2.74 bits per heavy atom. The van der Waals surface area contributed by atoms with E-state index in [9.17, 15) is 4.79 Å². The first-order valence-electron chi connectivity index (χ1n) is 7.03. The molecule has 0 aliphatic heterocycles. The van der Waals surface area contributed by atoms with Gasteiger partial charge in [0.05, 0.1) is 5.02 Å². The van der Waals surface area contributed by atoms with E-state index in [1.165, 1.54) is 11.3 Å². The molecule has 0 radical (unpaired) electrons. The van der Waals surface area contributed by atoms with Gasteiger partial charge in [-0.3, -0.25) is 10.1 Å². The number of hydrogen-bond acceptors (Lipinski definition) is 5. The third kappa shape index (κ3) is 4.80. The van der Waals surface area contributed by atoms with Crippen molar-refractivity contribution in [1.82, 2.24) is 10.2 Å². The maximum atomic E-state index is 11.9. The highest BCUT2D eigenvalue weighted by molar-refractivity contribution is 7.15. The van der Waals surface area contributed by atoms with Crippen molar-refractivity contribution < 1.29 is 9.53 Å². The van der Waals surface area contributed by atoms with E-state index in [4.69, 9.17) is 27.9 Å². The minimum atomic E-state index is -0.326. The standard InChI is InChI=1S/C15H17Cl2N3O2S/c1-4-15(2,3)13-19-20-14(23-13)18-12(21)8-22-11-6-5-9(16)7-10(11)17/h5-7H,4,8H2,1-3H3,(H,18,20,21). The van der Waals surface area contributed by atoms with E-state index in [0.29, 0.717) is 20.9 Å². The van der Waals surface area contributed by atoms with Gasteiger partial charge in [0.15, 0.2) is 6.61 Å². The van der Waals surface area contributed by atoms with E-state index < -0.39 is 0 Å². The van der Waals surface area contributed by atoms with Gasteiger partial charge >= 0.3 is 0 Å². The number of carbonyl (C=O) groups excluding carboxylic acids is 1. The molecule has 0 fully saturated rings. The van der Waals surface area contributed by atoms with Crippen LogP contribution in [0.2, 0.25) is 10.0 Å². The Labute approximate surface area is 149 Å². The van der Waals surface area contributed by atoms with Gasteiger partial charge in [0.25, 0.3) is 5.91 Å². The molecule has 0 bridgehead atoms. The Hall–Kier alpha value is -1.37. The van der Waals surface area contributed by atoms with Gasteiger partial charge in [0, 0.05) is 10.4 Å². The molecule has 1 heterocycles. The second kappa shape index (κ2) is 7.47. The highest BCUT2D eigenvalue weighted by atomic mass is 35.5. The number of aromatic nitrogens is 2. The molecule has 0 spiro atoms. The molecule has 1 N–H and O–H groups in total. The number of carbonyl (C=O) groups is 1. The normalized spacial score (nSPS) is 11.3. The van der Waals surface area contributed by atoms with E-state index in [1.54, 1.807) is 18.2 Å². The van der Waals surface area contributed by atoms with Gasteiger partial charge in [0.1, 0.15) is 10.8 Å². The van der Waals surface area contributed by atoms with Gasteiger partial charge in [-0.15, -0.1) is 10.2 Å². The maximum Gasteiger partial charge on any atom is 0.264 e. The second-order valence-electron chi connectivity index (χ2n) is 5.56. The number of ether oxygens (including phenoxy) is 1. The summed E-state index contributed by atoms with van der Waals surface area (Å²) in [4.78, 5) is 11.9. The molecule has 1 amide bonds. The van der Waals surface area contributed by atoms with Crippen molar-refractivity contribution in [2.24, 2.45) is 0 Å². The molecule has 124 valence electrons. The molecule has 0 aliphatic rings. The molecule has 5 nitrogen and oxygen atoms in total. The lowest BCUT2D eigenvalue weighted by Gasteiger charge is -2.17. The Kier molecular flexibility index (Phi) is 5.84. The summed E-state index contributed by atoms with van der Waals surface area (Å²) in [5, 5.41) is 13.0. The molecule has 23 heavy (non-hydrogen) atoms. The average molecular weight is 374 g/mol. The van der Waals surface area contributed by atoms with Crippen LogP contribution in [0.4, 0.5) is 5.13 Å². The molecule has 1 aromatic heterocycles. The summed E-state index contributed by atoms with van der Waals surface area (Å²) in [7, 11) is 0. The summed E-state index contributed by atoms with van der Waals surface area (Å²) >= 11 is 13.2. The number of amides is 1. The van der Waals surface area contributed by atoms with Gasteiger partial charge in [0.2, 0.25) is 5.13 Å². The van der Waals surface area contributed by atoms with Crippen LogP contribution in [-0.4, -0.2) is 22.7 Å². The number of nitrogens with zero attached hydrogens (tertiary/aromatic N) is 2. The van der Waals surface area contributed by atoms with Crippen LogP contribution in [0, 0.1) is 0 Å². The average Bonchev–Trinajstić information content (AvgIpc) is 2.95. The van der Waals surface area contributed by atoms with E-state index in [2.05, 4.69) is 36.3 Å². The van der Waals surface area contributed by atoms with Crippen LogP contribution in [0.1, 0.15) is 32.2 Å². The van der Waals surface area contributed by atoms with Gasteiger partial charge in [-0.2, -0.15) is 0 Å². The van der Waals surface area contributed by atoms with Crippen LogP contribution in [0.5, 0.6) is 5.75 Å². The first kappa shape index (κ1) is 18.0. The molecule has 0 aliphatic carbocycles. The fourth-order valence-corrected chi connectivity index (χ4v) is 2.98. The molecular formula is C15H17Cl2N3O2S. The highest BCUT2D eigenvalue weighted by Crippen LogP contribution is 2.31. The molecule has 0 saturated carbocycles. The molecule has 2 rings (SSSR count). The van der Waals surface area contributed by atoms with Crippen LogP contribution >= 0.6 is 34.5 Å². The smallest absolute Gasteiger partial charge is 0.264 e. The quantitative estimate of drug-likeness (QED) is 0.806. The predicted octanol–water partition coefficient (Wildman–Crippen LogP) is 4.55. The zero-order valence-corrected chi connectivity index (χ0v) is 15.3. The summed E-state index contributed by atoms with van der Waals surface area (Å²) < 4.78 is 5.37. The van der Waals surface area contributed by atoms with Crippen LogP contribution in [-0.2, 0) is 10.2 Å². The zero-order chi connectivity index (χ0) is 17.0. The minimum Gasteiger partial charge on any atom is -0.482 e. The van der Waals surface area contributed by atoms with Crippen molar-refractivity contribution in [3.05, 3.63) is 33.3 Å². The fraction of sp³-hybridized carbons (Fsp3) is 0.400. The molecular weight excluding hydrogens is 357 g/mol. The minimum absolute atomic E-state index is 0.0615. The molecule has 0 atom stereocenters. The zero-order valence-electron chi connectivity index (χ0n) is 13.0. The highest BCUT2D eigenvalue weighted by Gasteiger charge is 2.23. The van der Waals surface area contributed by atoms with E-state index >= 15 is 0 Å². The Morgan fingerprint density at radius 2 is 2.09 bits per heavy atom. The predicted molar refractivity (Wildman–Crippen MR) is 93.8 cm³/mol. The lowest BCUT2D eigenvalue weighted by Crippen LogP contribution is -2.20. The summed E-state index contributed by atoms with van der Waals surface area (Å²) in [5.74, 6) is 0.0734. The van der Waals surface area contributed by atoms with Crippen molar-refractivity contribution >= 4 is 45.6 Å². The first-order chi connectivity index (χ1) is 10.8. The van der Waals surface area contributed by atoms with Crippen LogP contribution in [0.15, 0.2) is 18.2 Å². The lowest BCUT2D eigenvalue weighted by atomic mass is 9.91. The van der Waals surface area contributed by atoms with Gasteiger partial charge in [-0.25, -0.2) is 0 Å². The Bertz CT molecular complexity index is 704. The maximum absolute atomic E-state index is 11.9. The van der Waals surface area contributed by atoms with E-state index in [0.717, 1.165) is 11.4 Å². The third-order valence-electron chi connectivity index (χ3n) is 3.39. The fourth-order valence-electron chi connectivity index (χ4n) is 1.59. The number of halogens is 2. The van der Waals surface area contributed by atoms with Crippen molar-refractivity contribution in [1.29, 1.82) is 0 Å². The topological polar surface area (TPSA) is 64.1 Å². The molecule has 0 unspecified atom stereocenters. The second-order valence-corrected chi connectivity index (χ2v) is 7.38. The Morgan fingerprint density at radius 1 is 1.35 bits per heavy atom. The number of hydrogen-bond donors (Lipinski definition) is 1. The molecule has 8 heteroatoms. The summed E-state index contributed by atoms with van der Waals surface area (Å²) in [6.45, 7) is 6.09. The number of nitrogens with one attached hydrogen (secondary N) is 1. The summed E-state index contributed by atoms with van der Waals surface area (Å²) in [6, 6.07) is 4.81.